The molecule has 0 aromatic heterocycles. The van der Waals surface area contributed by atoms with Crippen LogP contribution >= 0.6 is 12.2 Å². The maximum absolute atomic E-state index is 5.44. The van der Waals surface area contributed by atoms with Gasteiger partial charge in [-0.05, 0) is 12.5 Å². The molecule has 0 saturated heterocycles. The Morgan fingerprint density at radius 2 is 1.94 bits per heavy atom. The van der Waals surface area contributed by atoms with E-state index in [1.54, 1.807) is 0 Å². The molecule has 2 nitrogen and oxygen atoms in total. The summed E-state index contributed by atoms with van der Waals surface area (Å²) in [5.74, 6) is 0. The molecule has 2 rings (SSSR count). The van der Waals surface area contributed by atoms with E-state index in [0.717, 1.165) is 23.6 Å². The molecule has 84 valence electrons. The number of nitrogens with zero attached hydrogens (tertiary/aromatic N) is 2. The normalized spacial score (nSPS) is 14.6. The summed E-state index contributed by atoms with van der Waals surface area (Å²) in [6.07, 6.45) is 4.15. The van der Waals surface area contributed by atoms with E-state index in [0.29, 0.717) is 0 Å². The largest absolute Gasteiger partial charge is 0.362 e. The van der Waals surface area contributed by atoms with Gasteiger partial charge in [-0.25, -0.2) is 0 Å². The topological polar surface area (TPSA) is 6.48 Å². The maximum atomic E-state index is 5.44. The number of hydrogen-bond acceptors (Lipinski definition) is 3. The third kappa shape index (κ3) is 2.61. The van der Waals surface area contributed by atoms with Crippen molar-refractivity contribution in [1.82, 2.24) is 9.80 Å². The van der Waals surface area contributed by atoms with Crippen molar-refractivity contribution in [2.75, 3.05) is 20.3 Å². The van der Waals surface area contributed by atoms with Gasteiger partial charge >= 0.3 is 0 Å². The molecule has 1 aromatic rings. The molecule has 0 N–H and O–H groups in total. The van der Waals surface area contributed by atoms with Crippen molar-refractivity contribution in [3.05, 3.63) is 47.8 Å². The van der Waals surface area contributed by atoms with Crippen LogP contribution in [-0.4, -0.2) is 34.9 Å². The first-order chi connectivity index (χ1) is 7.65. The second kappa shape index (κ2) is 4.66. The van der Waals surface area contributed by atoms with E-state index in [4.69, 9.17) is 12.2 Å². The molecule has 0 spiro atoms. The minimum absolute atomic E-state index is 0.819. The van der Waals surface area contributed by atoms with Crippen molar-refractivity contribution in [3.63, 3.8) is 0 Å². The minimum atomic E-state index is 0.819. The first-order valence-corrected chi connectivity index (χ1v) is 5.78. The monoisotopic (exact) mass is 232 g/mol. The number of thiocarbonyl (C=S) groups is 1. The third-order valence-corrected chi connectivity index (χ3v) is 3.02. The predicted octanol–water partition coefficient (Wildman–Crippen LogP) is 2.39. The van der Waals surface area contributed by atoms with Gasteiger partial charge in [0.15, 0.2) is 0 Å². The van der Waals surface area contributed by atoms with E-state index in [2.05, 4.69) is 60.4 Å². The van der Waals surface area contributed by atoms with E-state index in [9.17, 15) is 0 Å². The zero-order chi connectivity index (χ0) is 11.5. The smallest absolute Gasteiger partial charge is 0.0894 e. The molecule has 0 atom stereocenters. The number of benzene rings is 1. The van der Waals surface area contributed by atoms with Gasteiger partial charge in [-0.15, -0.1) is 0 Å². The highest BCUT2D eigenvalue weighted by Crippen LogP contribution is 2.09. The first kappa shape index (κ1) is 11.1. The third-order valence-electron chi connectivity index (χ3n) is 2.66. The molecule has 1 heterocycles. The summed E-state index contributed by atoms with van der Waals surface area (Å²) in [5, 5.41) is 0. The van der Waals surface area contributed by atoms with Gasteiger partial charge in [-0.3, -0.25) is 0 Å². The van der Waals surface area contributed by atoms with E-state index < -0.39 is 0 Å². The van der Waals surface area contributed by atoms with Crippen molar-refractivity contribution < 1.29 is 0 Å². The standard InChI is InChI=1S/C13H16N2S/c1-11-3-5-12(6-4-11)13(16)9-15-8-7-14(2)10-15/h3-8H,9-10H2,1-2H3. The number of aryl methyl sites for hydroxylation is 1. The van der Waals surface area contributed by atoms with E-state index in [-0.39, 0.29) is 0 Å². The fraction of sp³-hybridized carbons (Fsp3) is 0.308. The zero-order valence-corrected chi connectivity index (χ0v) is 10.5. The molecule has 16 heavy (non-hydrogen) atoms. The van der Waals surface area contributed by atoms with Crippen LogP contribution in [0.4, 0.5) is 0 Å². The van der Waals surface area contributed by atoms with Crippen LogP contribution in [0.2, 0.25) is 0 Å². The molecule has 0 saturated carbocycles. The fourth-order valence-electron chi connectivity index (χ4n) is 1.71. The van der Waals surface area contributed by atoms with Crippen molar-refractivity contribution in [1.29, 1.82) is 0 Å². The van der Waals surface area contributed by atoms with Gasteiger partial charge in [-0.1, -0.05) is 42.0 Å². The summed E-state index contributed by atoms with van der Waals surface area (Å²) in [6, 6.07) is 8.41. The van der Waals surface area contributed by atoms with Gasteiger partial charge in [0.1, 0.15) is 0 Å². The Kier molecular flexibility index (Phi) is 3.25. The molecule has 0 fully saturated rings. The van der Waals surface area contributed by atoms with Gasteiger partial charge in [0.25, 0.3) is 0 Å². The van der Waals surface area contributed by atoms with E-state index in [1.165, 1.54) is 5.56 Å². The van der Waals surface area contributed by atoms with Gasteiger partial charge in [0.2, 0.25) is 0 Å². The van der Waals surface area contributed by atoms with Crippen molar-refractivity contribution in [2.24, 2.45) is 0 Å². The fourth-order valence-corrected chi connectivity index (χ4v) is 2.01. The molecule has 3 heteroatoms. The SMILES string of the molecule is Cc1ccc(C(=S)CN2C=CN(C)C2)cc1. The highest BCUT2D eigenvalue weighted by atomic mass is 32.1. The molecule has 1 aliphatic rings. The van der Waals surface area contributed by atoms with Crippen LogP contribution in [0, 0.1) is 6.92 Å². The molecule has 1 aromatic carbocycles. The Hall–Kier alpha value is -1.35. The molecule has 0 bridgehead atoms. The van der Waals surface area contributed by atoms with Crippen LogP contribution < -0.4 is 0 Å². The van der Waals surface area contributed by atoms with Crippen LogP contribution in [0.1, 0.15) is 11.1 Å². The Morgan fingerprint density at radius 3 is 2.50 bits per heavy atom. The highest BCUT2D eigenvalue weighted by Gasteiger charge is 2.11. The lowest BCUT2D eigenvalue weighted by molar-refractivity contribution is 0.325. The molecule has 1 aliphatic heterocycles. The Balaban J connectivity index is 1.98. The second-order valence-electron chi connectivity index (χ2n) is 4.23. The lowest BCUT2D eigenvalue weighted by Gasteiger charge is -2.18. The van der Waals surface area contributed by atoms with Crippen LogP contribution in [-0.2, 0) is 0 Å². The Bertz CT molecular complexity index is 408. The minimum Gasteiger partial charge on any atom is -0.362 e. The van der Waals surface area contributed by atoms with Crippen LogP contribution in [0.15, 0.2) is 36.7 Å². The maximum Gasteiger partial charge on any atom is 0.0894 e. The van der Waals surface area contributed by atoms with Crippen LogP contribution in [0.3, 0.4) is 0 Å². The Labute approximate surface area is 102 Å². The first-order valence-electron chi connectivity index (χ1n) is 5.37. The second-order valence-corrected chi connectivity index (χ2v) is 4.73. The summed E-state index contributed by atoms with van der Waals surface area (Å²) in [7, 11) is 2.06. The molecular formula is C13H16N2S. The predicted molar refractivity (Wildman–Crippen MR) is 71.4 cm³/mol. The summed E-state index contributed by atoms with van der Waals surface area (Å²) < 4.78 is 0. The van der Waals surface area contributed by atoms with Gasteiger partial charge in [-0.2, -0.15) is 0 Å². The molecule has 0 radical (unpaired) electrons. The number of hydrogen-bond donors (Lipinski definition) is 0. The zero-order valence-electron chi connectivity index (χ0n) is 9.68. The lowest BCUT2D eigenvalue weighted by atomic mass is 10.1. The highest BCUT2D eigenvalue weighted by molar-refractivity contribution is 7.80. The van der Waals surface area contributed by atoms with Gasteiger partial charge in [0.05, 0.1) is 13.2 Å². The van der Waals surface area contributed by atoms with Crippen molar-refractivity contribution in [2.45, 2.75) is 6.92 Å². The molecule has 0 aliphatic carbocycles. The van der Waals surface area contributed by atoms with Crippen LogP contribution in [0.5, 0.6) is 0 Å². The summed E-state index contributed by atoms with van der Waals surface area (Å²) in [4.78, 5) is 5.35. The summed E-state index contributed by atoms with van der Waals surface area (Å²) >= 11 is 5.44. The average Bonchev–Trinajstić information content (AvgIpc) is 2.65. The molecule has 0 unspecified atom stereocenters. The van der Waals surface area contributed by atoms with E-state index in [1.807, 2.05) is 0 Å². The Morgan fingerprint density at radius 1 is 1.25 bits per heavy atom. The van der Waals surface area contributed by atoms with Crippen LogP contribution in [0.25, 0.3) is 0 Å². The van der Waals surface area contributed by atoms with Crippen molar-refractivity contribution in [3.8, 4) is 0 Å². The van der Waals surface area contributed by atoms with Gasteiger partial charge in [0, 0.05) is 24.3 Å². The number of rotatable bonds is 3. The lowest BCUT2D eigenvalue weighted by Crippen LogP contribution is -2.27. The summed E-state index contributed by atoms with van der Waals surface area (Å²) in [6.45, 7) is 3.83. The molecule has 0 amide bonds. The summed E-state index contributed by atoms with van der Waals surface area (Å²) in [5.41, 5.74) is 2.43. The molecular weight excluding hydrogens is 216 g/mol. The van der Waals surface area contributed by atoms with Gasteiger partial charge < -0.3 is 9.80 Å². The quantitative estimate of drug-likeness (QED) is 0.583. The van der Waals surface area contributed by atoms with E-state index >= 15 is 0 Å². The van der Waals surface area contributed by atoms with Crippen molar-refractivity contribution >= 4 is 17.1 Å². The average molecular weight is 232 g/mol.